The standard InChI is InChI=1S/C29H29F3N4O4S/c30-29(31,32)20-13-22(41-17-20)16-40-27-3-1-2-23(34-27)18-6-9-35(10-7-18)15-26-33-24-5-4-19(28(37)38)12-25(24)36(26)14-21-8-11-39-21/h1-5,12-13,17-18,21H,6-11,14-16H2,(H,37,38)/t21-/m0/s1. The number of piperidine rings is 1. The number of carboxylic acids is 1. The van der Waals surface area contributed by atoms with Gasteiger partial charge in [0.1, 0.15) is 12.4 Å². The molecule has 0 saturated carbocycles. The Morgan fingerprint density at radius 2 is 1.93 bits per heavy atom. The van der Waals surface area contributed by atoms with Gasteiger partial charge < -0.3 is 19.1 Å². The molecule has 1 N–H and O–H groups in total. The number of pyridine rings is 1. The first-order valence-electron chi connectivity index (χ1n) is 13.5. The number of halogens is 3. The fraction of sp³-hybridized carbons (Fsp3) is 0.414. The molecule has 2 aliphatic rings. The molecule has 2 fully saturated rings. The van der Waals surface area contributed by atoms with E-state index in [1.807, 2.05) is 12.1 Å². The molecule has 8 nitrogen and oxygen atoms in total. The summed E-state index contributed by atoms with van der Waals surface area (Å²) >= 11 is 1.02. The predicted octanol–water partition coefficient (Wildman–Crippen LogP) is 5.96. The normalized spacial score (nSPS) is 18.5. The maximum atomic E-state index is 12.9. The minimum atomic E-state index is -4.36. The molecule has 0 radical (unpaired) electrons. The number of fused-ring (bicyclic) bond motifs is 1. The number of aromatic nitrogens is 3. The number of carboxylic acid groups (broad SMARTS) is 1. The number of hydrogen-bond donors (Lipinski definition) is 1. The summed E-state index contributed by atoms with van der Waals surface area (Å²) in [6, 6.07) is 11.7. The number of hydrogen-bond acceptors (Lipinski definition) is 7. The van der Waals surface area contributed by atoms with Gasteiger partial charge in [-0.05, 0) is 62.7 Å². The third-order valence-corrected chi connectivity index (χ3v) is 8.62. The monoisotopic (exact) mass is 586 g/mol. The van der Waals surface area contributed by atoms with E-state index in [9.17, 15) is 23.1 Å². The SMILES string of the molecule is O=C(O)c1ccc2nc(CN3CCC(c4cccc(OCc5cc(C(F)(F)F)cs5)n4)CC3)n(C[C@@H]3CCO3)c2c1. The quantitative estimate of drug-likeness (QED) is 0.259. The van der Waals surface area contributed by atoms with E-state index in [4.69, 9.17) is 14.5 Å². The maximum absolute atomic E-state index is 12.9. The van der Waals surface area contributed by atoms with Crippen LogP contribution in [-0.2, 0) is 30.6 Å². The third kappa shape index (κ3) is 6.24. The number of ether oxygens (including phenoxy) is 2. The lowest BCUT2D eigenvalue weighted by Crippen LogP contribution is -2.35. The topological polar surface area (TPSA) is 89.7 Å². The molecule has 0 spiro atoms. The number of imidazole rings is 1. The molecule has 0 aliphatic carbocycles. The van der Waals surface area contributed by atoms with Gasteiger partial charge >= 0.3 is 12.1 Å². The number of thiophene rings is 1. The summed E-state index contributed by atoms with van der Waals surface area (Å²) in [6.45, 7) is 3.76. The molecule has 0 bridgehead atoms. The number of carbonyl (C=O) groups is 1. The van der Waals surface area contributed by atoms with Gasteiger partial charge in [-0.25, -0.2) is 14.8 Å². The van der Waals surface area contributed by atoms with Crippen molar-refractivity contribution in [3.05, 3.63) is 75.4 Å². The van der Waals surface area contributed by atoms with Crippen LogP contribution in [0, 0.1) is 0 Å². The first-order chi connectivity index (χ1) is 19.7. The fourth-order valence-electron chi connectivity index (χ4n) is 5.34. The van der Waals surface area contributed by atoms with Crippen LogP contribution < -0.4 is 4.74 Å². The molecule has 216 valence electrons. The fourth-order valence-corrected chi connectivity index (χ4v) is 6.14. The van der Waals surface area contributed by atoms with E-state index < -0.39 is 17.7 Å². The number of nitrogens with zero attached hydrogens (tertiary/aromatic N) is 4. The summed E-state index contributed by atoms with van der Waals surface area (Å²) in [7, 11) is 0. The lowest BCUT2D eigenvalue weighted by atomic mass is 9.93. The summed E-state index contributed by atoms with van der Waals surface area (Å²) in [5.74, 6) is 0.578. The summed E-state index contributed by atoms with van der Waals surface area (Å²) in [6.07, 6.45) is -1.49. The van der Waals surface area contributed by atoms with Crippen LogP contribution in [0.15, 0.2) is 47.8 Å². The number of aromatic carboxylic acids is 1. The van der Waals surface area contributed by atoms with E-state index in [2.05, 4.69) is 14.5 Å². The third-order valence-electron chi connectivity index (χ3n) is 7.71. The van der Waals surface area contributed by atoms with E-state index in [0.29, 0.717) is 23.8 Å². The lowest BCUT2D eigenvalue weighted by molar-refractivity contribution is -0.137. The average molecular weight is 587 g/mol. The molecular formula is C29H29F3N4O4S. The molecule has 2 aliphatic heterocycles. The highest BCUT2D eigenvalue weighted by molar-refractivity contribution is 7.10. The zero-order chi connectivity index (χ0) is 28.6. The predicted molar refractivity (Wildman–Crippen MR) is 146 cm³/mol. The molecule has 1 atom stereocenters. The number of alkyl halides is 3. The van der Waals surface area contributed by atoms with Crippen LogP contribution in [0.4, 0.5) is 13.2 Å². The Kier molecular flexibility index (Phi) is 7.71. The molecular weight excluding hydrogens is 557 g/mol. The zero-order valence-corrected chi connectivity index (χ0v) is 23.0. The highest BCUT2D eigenvalue weighted by Crippen LogP contribution is 2.33. The highest BCUT2D eigenvalue weighted by atomic mass is 32.1. The molecule has 2 saturated heterocycles. The molecule has 5 heterocycles. The number of likely N-dealkylation sites (tertiary alicyclic amines) is 1. The van der Waals surface area contributed by atoms with E-state index in [1.165, 1.54) is 0 Å². The summed E-state index contributed by atoms with van der Waals surface area (Å²) in [5.41, 5.74) is 2.08. The van der Waals surface area contributed by atoms with Crippen molar-refractivity contribution < 1.29 is 32.5 Å². The van der Waals surface area contributed by atoms with Crippen molar-refractivity contribution in [3.63, 3.8) is 0 Å². The largest absolute Gasteiger partial charge is 0.478 e. The Labute approximate surface area is 238 Å². The van der Waals surface area contributed by atoms with Crippen molar-refractivity contribution in [1.82, 2.24) is 19.4 Å². The van der Waals surface area contributed by atoms with Gasteiger partial charge in [-0.1, -0.05) is 6.07 Å². The highest BCUT2D eigenvalue weighted by Gasteiger charge is 2.31. The van der Waals surface area contributed by atoms with Crippen molar-refractivity contribution in [1.29, 1.82) is 0 Å². The van der Waals surface area contributed by atoms with Gasteiger partial charge in [0.2, 0.25) is 5.88 Å². The Morgan fingerprint density at radius 3 is 2.61 bits per heavy atom. The molecule has 41 heavy (non-hydrogen) atoms. The Bertz CT molecular complexity index is 1540. The summed E-state index contributed by atoms with van der Waals surface area (Å²) < 4.78 is 52.1. The van der Waals surface area contributed by atoms with Crippen LogP contribution >= 0.6 is 11.3 Å². The number of rotatable bonds is 9. The van der Waals surface area contributed by atoms with Crippen LogP contribution in [0.25, 0.3) is 11.0 Å². The first-order valence-corrected chi connectivity index (χ1v) is 14.4. The van der Waals surface area contributed by atoms with Gasteiger partial charge in [-0.15, -0.1) is 11.3 Å². The summed E-state index contributed by atoms with van der Waals surface area (Å²) in [5, 5.41) is 10.6. The average Bonchev–Trinajstić information content (AvgIpc) is 3.54. The van der Waals surface area contributed by atoms with E-state index in [-0.39, 0.29) is 24.2 Å². The lowest BCUT2D eigenvalue weighted by Gasteiger charge is -2.32. The first kappa shape index (κ1) is 27.7. The van der Waals surface area contributed by atoms with Crippen LogP contribution in [-0.4, -0.2) is 56.3 Å². The second-order valence-electron chi connectivity index (χ2n) is 10.5. The van der Waals surface area contributed by atoms with Crippen molar-refractivity contribution >= 4 is 28.3 Å². The minimum Gasteiger partial charge on any atom is -0.478 e. The Morgan fingerprint density at radius 1 is 1.12 bits per heavy atom. The second kappa shape index (κ2) is 11.4. The van der Waals surface area contributed by atoms with Gasteiger partial charge in [-0.3, -0.25) is 4.90 Å². The van der Waals surface area contributed by atoms with E-state index in [1.54, 1.807) is 24.3 Å². The Hall–Kier alpha value is -3.48. The van der Waals surface area contributed by atoms with E-state index >= 15 is 0 Å². The van der Waals surface area contributed by atoms with Crippen molar-refractivity contribution in [2.24, 2.45) is 0 Å². The van der Waals surface area contributed by atoms with Crippen molar-refractivity contribution in [2.75, 3.05) is 19.7 Å². The van der Waals surface area contributed by atoms with E-state index in [0.717, 1.165) is 84.3 Å². The molecule has 0 unspecified atom stereocenters. The second-order valence-corrected chi connectivity index (χ2v) is 11.5. The van der Waals surface area contributed by atoms with Gasteiger partial charge in [0.25, 0.3) is 0 Å². The van der Waals surface area contributed by atoms with Crippen molar-refractivity contribution in [2.45, 2.75) is 57.2 Å². The van der Waals surface area contributed by atoms with Gasteiger partial charge in [0.15, 0.2) is 0 Å². The molecule has 6 rings (SSSR count). The van der Waals surface area contributed by atoms with Crippen LogP contribution in [0.1, 0.15) is 57.5 Å². The Balaban J connectivity index is 1.09. The molecule has 1 aromatic carbocycles. The minimum absolute atomic E-state index is 0.0382. The summed E-state index contributed by atoms with van der Waals surface area (Å²) in [4.78, 5) is 23.9. The van der Waals surface area contributed by atoms with Crippen LogP contribution in [0.2, 0.25) is 0 Å². The molecule has 3 aromatic heterocycles. The smallest absolute Gasteiger partial charge is 0.417 e. The zero-order valence-electron chi connectivity index (χ0n) is 22.1. The molecule has 4 aromatic rings. The van der Waals surface area contributed by atoms with Crippen molar-refractivity contribution in [3.8, 4) is 5.88 Å². The maximum Gasteiger partial charge on any atom is 0.417 e. The van der Waals surface area contributed by atoms with Gasteiger partial charge in [0.05, 0.1) is 41.4 Å². The van der Waals surface area contributed by atoms with Gasteiger partial charge in [-0.2, -0.15) is 13.2 Å². The van der Waals surface area contributed by atoms with Crippen LogP contribution in [0.5, 0.6) is 5.88 Å². The molecule has 0 amide bonds. The van der Waals surface area contributed by atoms with Gasteiger partial charge in [0, 0.05) is 34.5 Å². The van der Waals surface area contributed by atoms with Crippen LogP contribution in [0.3, 0.4) is 0 Å². The molecule has 12 heteroatoms. The number of benzene rings is 1.